The number of rotatable bonds is 6. The Hall–Kier alpha value is -2.24. The number of hydrogen-bond donors (Lipinski definition) is 0. The molecule has 0 spiro atoms. The van der Waals surface area contributed by atoms with E-state index in [2.05, 4.69) is 4.98 Å². The molecule has 0 N–H and O–H groups in total. The van der Waals surface area contributed by atoms with Gasteiger partial charge in [-0.2, -0.15) is 0 Å². The van der Waals surface area contributed by atoms with Gasteiger partial charge in [-0.3, -0.25) is 4.79 Å². The highest BCUT2D eigenvalue weighted by molar-refractivity contribution is 8.00. The Bertz CT molecular complexity index is 820. The van der Waals surface area contributed by atoms with Crippen LogP contribution in [0.3, 0.4) is 0 Å². The number of carbonyl (C=O) groups is 1. The number of oxazole rings is 1. The molecule has 0 aliphatic rings. The first-order chi connectivity index (χ1) is 11.7. The lowest BCUT2D eigenvalue weighted by Crippen LogP contribution is -2.07. The fourth-order valence-corrected chi connectivity index (χ4v) is 3.02. The third-order valence-corrected chi connectivity index (χ3v) is 4.62. The molecule has 4 nitrogen and oxygen atoms in total. The van der Waals surface area contributed by atoms with Gasteiger partial charge >= 0.3 is 5.97 Å². The van der Waals surface area contributed by atoms with Crippen molar-refractivity contribution in [1.82, 2.24) is 4.98 Å². The summed E-state index contributed by atoms with van der Waals surface area (Å²) in [6.07, 6.45) is 1.50. The number of halogens is 1. The third-order valence-electron chi connectivity index (χ3n) is 3.14. The van der Waals surface area contributed by atoms with E-state index in [0.29, 0.717) is 16.6 Å². The molecule has 0 radical (unpaired) electrons. The highest BCUT2D eigenvalue weighted by Crippen LogP contribution is 2.26. The molecule has 1 aromatic heterocycles. The molecule has 0 saturated carbocycles. The van der Waals surface area contributed by atoms with Crippen LogP contribution < -0.4 is 0 Å². The molecule has 0 unspecified atom stereocenters. The van der Waals surface area contributed by atoms with Gasteiger partial charge in [0.1, 0.15) is 18.6 Å². The van der Waals surface area contributed by atoms with Crippen molar-refractivity contribution >= 4 is 29.3 Å². The van der Waals surface area contributed by atoms with E-state index in [0.717, 1.165) is 10.5 Å². The summed E-state index contributed by atoms with van der Waals surface area (Å²) in [6.45, 7) is 0.0816. The standard InChI is InChI=1S/C18H14ClNO3S/c19-15-8-4-5-9-16(15)24-12-17(21)22-10-14-11-23-18(20-14)13-6-2-1-3-7-13/h1-9,11H,10,12H2. The molecule has 122 valence electrons. The van der Waals surface area contributed by atoms with Gasteiger partial charge in [0.15, 0.2) is 0 Å². The molecule has 0 atom stereocenters. The topological polar surface area (TPSA) is 52.3 Å². The maximum Gasteiger partial charge on any atom is 0.316 e. The second-order valence-corrected chi connectivity index (χ2v) is 6.31. The van der Waals surface area contributed by atoms with Crippen molar-refractivity contribution < 1.29 is 13.9 Å². The zero-order valence-corrected chi connectivity index (χ0v) is 14.2. The molecule has 3 rings (SSSR count). The summed E-state index contributed by atoms with van der Waals surface area (Å²) in [5.74, 6) is 0.365. The lowest BCUT2D eigenvalue weighted by atomic mass is 10.2. The van der Waals surface area contributed by atoms with Gasteiger partial charge in [-0.05, 0) is 24.3 Å². The van der Waals surface area contributed by atoms with E-state index in [9.17, 15) is 4.79 Å². The maximum absolute atomic E-state index is 11.8. The molecular weight excluding hydrogens is 346 g/mol. The lowest BCUT2D eigenvalue weighted by Gasteiger charge is -2.04. The summed E-state index contributed by atoms with van der Waals surface area (Å²) < 4.78 is 10.6. The largest absolute Gasteiger partial charge is 0.458 e. The Balaban J connectivity index is 1.50. The number of aromatic nitrogens is 1. The van der Waals surface area contributed by atoms with Crippen LogP contribution in [0.1, 0.15) is 5.69 Å². The van der Waals surface area contributed by atoms with Gasteiger partial charge in [-0.15, -0.1) is 11.8 Å². The fourth-order valence-electron chi connectivity index (χ4n) is 1.98. The van der Waals surface area contributed by atoms with Crippen LogP contribution in [0.4, 0.5) is 0 Å². The average Bonchev–Trinajstić information content (AvgIpc) is 3.09. The second kappa shape index (κ2) is 8.04. The van der Waals surface area contributed by atoms with E-state index >= 15 is 0 Å². The van der Waals surface area contributed by atoms with Gasteiger partial charge in [0, 0.05) is 10.5 Å². The Labute approximate surface area is 148 Å². The summed E-state index contributed by atoms with van der Waals surface area (Å²) in [5.41, 5.74) is 1.45. The zero-order valence-electron chi connectivity index (χ0n) is 12.6. The fraction of sp³-hybridized carbons (Fsp3) is 0.111. The molecule has 0 saturated heterocycles. The molecule has 6 heteroatoms. The first-order valence-electron chi connectivity index (χ1n) is 7.25. The van der Waals surface area contributed by atoms with Crippen molar-refractivity contribution in [1.29, 1.82) is 0 Å². The third kappa shape index (κ3) is 4.40. The van der Waals surface area contributed by atoms with E-state index < -0.39 is 0 Å². The predicted octanol–water partition coefficient (Wildman–Crippen LogP) is 4.83. The second-order valence-electron chi connectivity index (χ2n) is 4.89. The van der Waals surface area contributed by atoms with E-state index in [1.807, 2.05) is 48.5 Å². The van der Waals surface area contributed by atoms with Gasteiger partial charge < -0.3 is 9.15 Å². The molecule has 0 bridgehead atoms. The first-order valence-corrected chi connectivity index (χ1v) is 8.61. The number of esters is 1. The highest BCUT2D eigenvalue weighted by Gasteiger charge is 2.10. The van der Waals surface area contributed by atoms with Crippen LogP contribution >= 0.6 is 23.4 Å². The van der Waals surface area contributed by atoms with Gasteiger partial charge in [-0.25, -0.2) is 4.98 Å². The normalized spacial score (nSPS) is 10.5. The SMILES string of the molecule is O=C(CSc1ccccc1Cl)OCc1coc(-c2ccccc2)n1. The van der Waals surface area contributed by atoms with Crippen LogP contribution in [0.25, 0.3) is 11.5 Å². The average molecular weight is 360 g/mol. The van der Waals surface area contributed by atoms with Crippen molar-refractivity contribution in [3.63, 3.8) is 0 Å². The Morgan fingerprint density at radius 3 is 2.67 bits per heavy atom. The van der Waals surface area contributed by atoms with Crippen molar-refractivity contribution in [3.8, 4) is 11.5 Å². The molecule has 24 heavy (non-hydrogen) atoms. The minimum absolute atomic E-state index is 0.0816. The van der Waals surface area contributed by atoms with Crippen LogP contribution in [-0.2, 0) is 16.1 Å². The van der Waals surface area contributed by atoms with Crippen LogP contribution in [0.2, 0.25) is 5.02 Å². The van der Waals surface area contributed by atoms with Crippen LogP contribution in [0, 0.1) is 0 Å². The number of ether oxygens (including phenoxy) is 1. The maximum atomic E-state index is 11.8. The Morgan fingerprint density at radius 2 is 1.88 bits per heavy atom. The number of thioether (sulfide) groups is 1. The van der Waals surface area contributed by atoms with Crippen molar-refractivity contribution in [3.05, 3.63) is 71.6 Å². The molecule has 0 fully saturated rings. The Kier molecular flexibility index (Phi) is 5.56. The molecule has 0 aliphatic heterocycles. The van der Waals surface area contributed by atoms with E-state index in [-0.39, 0.29) is 18.3 Å². The lowest BCUT2D eigenvalue weighted by molar-refractivity contribution is -0.141. The van der Waals surface area contributed by atoms with Gasteiger partial charge in [0.25, 0.3) is 0 Å². The predicted molar refractivity (Wildman–Crippen MR) is 93.9 cm³/mol. The minimum Gasteiger partial charge on any atom is -0.458 e. The summed E-state index contributed by atoms with van der Waals surface area (Å²) in [5, 5.41) is 0.624. The number of benzene rings is 2. The van der Waals surface area contributed by atoms with Crippen LogP contribution in [0.15, 0.2) is 70.2 Å². The quantitative estimate of drug-likeness (QED) is 0.466. The van der Waals surface area contributed by atoms with Gasteiger partial charge in [0.05, 0.1) is 10.8 Å². The van der Waals surface area contributed by atoms with E-state index in [4.69, 9.17) is 20.8 Å². The summed E-state index contributed by atoms with van der Waals surface area (Å²) in [6, 6.07) is 16.9. The number of carbonyl (C=O) groups excluding carboxylic acids is 1. The van der Waals surface area contributed by atoms with Crippen molar-refractivity contribution in [2.24, 2.45) is 0 Å². The van der Waals surface area contributed by atoms with E-state index in [1.165, 1.54) is 18.0 Å². The van der Waals surface area contributed by atoms with Crippen molar-refractivity contribution in [2.75, 3.05) is 5.75 Å². The molecule has 0 aliphatic carbocycles. The highest BCUT2D eigenvalue weighted by atomic mass is 35.5. The summed E-state index contributed by atoms with van der Waals surface area (Å²) in [4.78, 5) is 17.0. The van der Waals surface area contributed by atoms with Crippen LogP contribution in [-0.4, -0.2) is 16.7 Å². The minimum atomic E-state index is -0.329. The summed E-state index contributed by atoms with van der Waals surface area (Å²) in [7, 11) is 0. The van der Waals surface area contributed by atoms with Crippen LogP contribution in [0.5, 0.6) is 0 Å². The molecular formula is C18H14ClNO3S. The Morgan fingerprint density at radius 1 is 1.12 bits per heavy atom. The molecule has 3 aromatic rings. The number of hydrogen-bond acceptors (Lipinski definition) is 5. The van der Waals surface area contributed by atoms with Gasteiger partial charge in [-0.1, -0.05) is 41.9 Å². The summed E-state index contributed by atoms with van der Waals surface area (Å²) >= 11 is 7.39. The van der Waals surface area contributed by atoms with Gasteiger partial charge in [0.2, 0.25) is 5.89 Å². The monoisotopic (exact) mass is 359 g/mol. The molecule has 0 amide bonds. The molecule has 1 heterocycles. The zero-order chi connectivity index (χ0) is 16.8. The smallest absolute Gasteiger partial charge is 0.316 e. The first kappa shape index (κ1) is 16.6. The number of nitrogens with zero attached hydrogens (tertiary/aromatic N) is 1. The van der Waals surface area contributed by atoms with Crippen molar-refractivity contribution in [2.45, 2.75) is 11.5 Å². The van der Waals surface area contributed by atoms with E-state index in [1.54, 1.807) is 6.07 Å². The molecule has 2 aromatic carbocycles.